The Hall–Kier alpha value is -2.16. The molecule has 0 aromatic heterocycles. The first-order valence-corrected chi connectivity index (χ1v) is 8.25. The second kappa shape index (κ2) is 8.09. The zero-order valence-electron chi connectivity index (χ0n) is 12.9. The van der Waals surface area contributed by atoms with E-state index in [4.69, 9.17) is 0 Å². The number of rotatable bonds is 7. The number of anilines is 1. The van der Waals surface area contributed by atoms with Gasteiger partial charge in [0, 0.05) is 10.6 Å². The number of amides is 4. The SMILES string of the molecule is CCCC1NC(=O)N(CC(=O)Nc2ccc(SC(F)F)cc2)C1=O. The second-order valence-electron chi connectivity index (χ2n) is 5.17. The molecular weight excluding hydrogens is 340 g/mol. The molecule has 0 aliphatic carbocycles. The molecule has 1 fully saturated rings. The van der Waals surface area contributed by atoms with Gasteiger partial charge in [-0.1, -0.05) is 25.1 Å². The molecule has 1 unspecified atom stereocenters. The highest BCUT2D eigenvalue weighted by molar-refractivity contribution is 7.99. The quantitative estimate of drug-likeness (QED) is 0.581. The van der Waals surface area contributed by atoms with Gasteiger partial charge in [0.2, 0.25) is 5.91 Å². The highest BCUT2D eigenvalue weighted by Crippen LogP contribution is 2.26. The Morgan fingerprint density at radius 1 is 1.33 bits per heavy atom. The van der Waals surface area contributed by atoms with Crippen LogP contribution in [0.25, 0.3) is 0 Å². The van der Waals surface area contributed by atoms with Crippen LogP contribution in [0.5, 0.6) is 0 Å². The average molecular weight is 357 g/mol. The van der Waals surface area contributed by atoms with Crippen molar-refractivity contribution >= 4 is 35.3 Å². The maximum Gasteiger partial charge on any atom is 0.325 e. The summed E-state index contributed by atoms with van der Waals surface area (Å²) in [6, 6.07) is 4.70. The number of carbonyl (C=O) groups excluding carboxylic acids is 3. The van der Waals surface area contributed by atoms with E-state index in [1.807, 2.05) is 6.92 Å². The molecule has 2 rings (SSSR count). The van der Waals surface area contributed by atoms with Gasteiger partial charge in [0.15, 0.2) is 0 Å². The first-order valence-electron chi connectivity index (χ1n) is 7.37. The molecule has 1 aliphatic rings. The van der Waals surface area contributed by atoms with Gasteiger partial charge < -0.3 is 10.6 Å². The van der Waals surface area contributed by atoms with Gasteiger partial charge in [0.05, 0.1) is 0 Å². The Kier molecular flexibility index (Phi) is 6.13. The van der Waals surface area contributed by atoms with E-state index in [9.17, 15) is 23.2 Å². The molecule has 1 aromatic rings. The van der Waals surface area contributed by atoms with Crippen LogP contribution in [0.1, 0.15) is 19.8 Å². The van der Waals surface area contributed by atoms with E-state index in [-0.39, 0.29) is 0 Å². The number of hydrogen-bond acceptors (Lipinski definition) is 4. The van der Waals surface area contributed by atoms with Crippen LogP contribution in [0, 0.1) is 0 Å². The van der Waals surface area contributed by atoms with Crippen LogP contribution in [0.2, 0.25) is 0 Å². The number of benzene rings is 1. The lowest BCUT2D eigenvalue weighted by atomic mass is 10.2. The highest BCUT2D eigenvalue weighted by Gasteiger charge is 2.38. The van der Waals surface area contributed by atoms with Crippen molar-refractivity contribution in [2.24, 2.45) is 0 Å². The summed E-state index contributed by atoms with van der Waals surface area (Å²) < 4.78 is 24.5. The predicted octanol–water partition coefficient (Wildman–Crippen LogP) is 2.66. The van der Waals surface area contributed by atoms with Crippen molar-refractivity contribution < 1.29 is 23.2 Å². The molecule has 9 heteroatoms. The molecule has 0 bridgehead atoms. The summed E-state index contributed by atoms with van der Waals surface area (Å²) in [7, 11) is 0. The lowest BCUT2D eigenvalue weighted by molar-refractivity contribution is -0.130. The minimum Gasteiger partial charge on any atom is -0.326 e. The molecule has 130 valence electrons. The number of urea groups is 1. The third-order valence-corrected chi connectivity index (χ3v) is 4.07. The summed E-state index contributed by atoms with van der Waals surface area (Å²) >= 11 is 0.406. The van der Waals surface area contributed by atoms with Crippen LogP contribution in [0.15, 0.2) is 29.2 Å². The predicted molar refractivity (Wildman–Crippen MR) is 85.9 cm³/mol. The molecule has 1 aliphatic heterocycles. The lowest BCUT2D eigenvalue weighted by Gasteiger charge is -2.13. The Morgan fingerprint density at radius 3 is 2.58 bits per heavy atom. The van der Waals surface area contributed by atoms with Crippen LogP contribution >= 0.6 is 11.8 Å². The van der Waals surface area contributed by atoms with Crippen molar-refractivity contribution in [3.63, 3.8) is 0 Å². The van der Waals surface area contributed by atoms with Crippen molar-refractivity contribution in [1.82, 2.24) is 10.2 Å². The number of nitrogens with one attached hydrogen (secondary N) is 2. The lowest BCUT2D eigenvalue weighted by Crippen LogP contribution is -2.38. The molecule has 0 saturated carbocycles. The van der Waals surface area contributed by atoms with E-state index < -0.39 is 36.2 Å². The number of hydrogen-bond donors (Lipinski definition) is 2. The van der Waals surface area contributed by atoms with E-state index in [1.54, 1.807) is 0 Å². The average Bonchev–Trinajstić information content (AvgIpc) is 2.77. The van der Waals surface area contributed by atoms with Crippen molar-refractivity contribution in [2.75, 3.05) is 11.9 Å². The molecule has 2 N–H and O–H groups in total. The normalized spacial score (nSPS) is 17.3. The molecule has 24 heavy (non-hydrogen) atoms. The zero-order chi connectivity index (χ0) is 17.7. The summed E-state index contributed by atoms with van der Waals surface area (Å²) in [5.41, 5.74) is 0.399. The van der Waals surface area contributed by atoms with Gasteiger partial charge in [-0.3, -0.25) is 14.5 Å². The van der Waals surface area contributed by atoms with Crippen molar-refractivity contribution in [2.45, 2.75) is 36.5 Å². The molecule has 0 radical (unpaired) electrons. The Morgan fingerprint density at radius 2 is 2.00 bits per heavy atom. The highest BCUT2D eigenvalue weighted by atomic mass is 32.2. The van der Waals surface area contributed by atoms with Crippen LogP contribution in [-0.2, 0) is 9.59 Å². The van der Waals surface area contributed by atoms with Gasteiger partial charge in [0.25, 0.3) is 11.7 Å². The van der Waals surface area contributed by atoms with E-state index in [2.05, 4.69) is 10.6 Å². The Balaban J connectivity index is 1.91. The number of halogens is 2. The van der Waals surface area contributed by atoms with Gasteiger partial charge in [-0.15, -0.1) is 0 Å². The number of carbonyl (C=O) groups is 3. The van der Waals surface area contributed by atoms with Gasteiger partial charge >= 0.3 is 6.03 Å². The second-order valence-corrected chi connectivity index (χ2v) is 6.23. The summed E-state index contributed by atoms with van der Waals surface area (Å²) in [5, 5.41) is 5.06. The monoisotopic (exact) mass is 357 g/mol. The van der Waals surface area contributed by atoms with Gasteiger partial charge in [0.1, 0.15) is 12.6 Å². The summed E-state index contributed by atoms with van der Waals surface area (Å²) in [6.07, 6.45) is 1.26. The van der Waals surface area contributed by atoms with Crippen molar-refractivity contribution in [3.05, 3.63) is 24.3 Å². The molecule has 1 aromatic carbocycles. The van der Waals surface area contributed by atoms with E-state index in [0.717, 1.165) is 11.3 Å². The first-order chi connectivity index (χ1) is 11.4. The fourth-order valence-electron chi connectivity index (χ4n) is 2.27. The fraction of sp³-hybridized carbons (Fsp3) is 0.400. The topological polar surface area (TPSA) is 78.5 Å². The summed E-state index contributed by atoms with van der Waals surface area (Å²) in [4.78, 5) is 37.0. The molecule has 4 amide bonds. The van der Waals surface area contributed by atoms with Crippen molar-refractivity contribution in [1.29, 1.82) is 0 Å². The standard InChI is InChI=1S/C15H17F2N3O3S/c1-2-3-11-13(22)20(15(23)19-11)8-12(21)18-9-4-6-10(7-5-9)24-14(16)17/h4-7,11,14H,2-3,8H2,1H3,(H,18,21)(H,19,23). The summed E-state index contributed by atoms with van der Waals surface area (Å²) in [5.74, 6) is -3.47. The third kappa shape index (κ3) is 4.67. The van der Waals surface area contributed by atoms with E-state index in [0.29, 0.717) is 28.8 Å². The van der Waals surface area contributed by atoms with Gasteiger partial charge in [-0.05, 0) is 30.7 Å². The minimum absolute atomic E-state index is 0.375. The summed E-state index contributed by atoms with van der Waals surface area (Å²) in [6.45, 7) is 1.50. The Labute approximate surface area is 142 Å². The fourth-order valence-corrected chi connectivity index (χ4v) is 2.77. The van der Waals surface area contributed by atoms with E-state index in [1.165, 1.54) is 24.3 Å². The maximum absolute atomic E-state index is 12.2. The van der Waals surface area contributed by atoms with Crippen LogP contribution < -0.4 is 10.6 Å². The van der Waals surface area contributed by atoms with Gasteiger partial charge in [-0.25, -0.2) is 4.79 Å². The molecule has 0 spiro atoms. The number of thioether (sulfide) groups is 1. The zero-order valence-corrected chi connectivity index (χ0v) is 13.7. The smallest absolute Gasteiger partial charge is 0.325 e. The van der Waals surface area contributed by atoms with Gasteiger partial charge in [-0.2, -0.15) is 8.78 Å². The number of alkyl halides is 2. The molecule has 1 heterocycles. The molecule has 1 atom stereocenters. The van der Waals surface area contributed by atoms with Crippen LogP contribution in [0.3, 0.4) is 0 Å². The number of nitrogens with zero attached hydrogens (tertiary/aromatic N) is 1. The largest absolute Gasteiger partial charge is 0.326 e. The van der Waals surface area contributed by atoms with Crippen LogP contribution in [0.4, 0.5) is 19.3 Å². The first kappa shape index (κ1) is 18.2. The maximum atomic E-state index is 12.2. The molecule has 1 saturated heterocycles. The molecule has 6 nitrogen and oxygen atoms in total. The number of imide groups is 1. The van der Waals surface area contributed by atoms with Crippen LogP contribution in [-0.4, -0.2) is 41.1 Å². The third-order valence-electron chi connectivity index (χ3n) is 3.35. The van der Waals surface area contributed by atoms with Crippen molar-refractivity contribution in [3.8, 4) is 0 Å². The Bertz CT molecular complexity index is 625. The molecular formula is C15H17F2N3O3S. The minimum atomic E-state index is -2.51. The van der Waals surface area contributed by atoms with E-state index >= 15 is 0 Å².